The van der Waals surface area contributed by atoms with Gasteiger partial charge < -0.3 is 15.4 Å². The smallest absolute Gasteiger partial charge is 0.252 e. The molecule has 1 aromatic rings. The van der Waals surface area contributed by atoms with Crippen molar-refractivity contribution in [2.75, 3.05) is 33.1 Å². The minimum absolute atomic E-state index is 0.139. The van der Waals surface area contributed by atoms with Gasteiger partial charge >= 0.3 is 0 Å². The highest BCUT2D eigenvalue weighted by Gasteiger charge is 2.33. The number of thioether (sulfide) groups is 1. The number of benzene rings is 1. The molecular formula is C15H21ClN2O2S. The number of amides is 1. The fraction of sp³-hybridized carbons (Fsp3) is 0.533. The molecule has 0 aromatic heterocycles. The van der Waals surface area contributed by atoms with Crippen LogP contribution >= 0.6 is 23.4 Å². The molecule has 116 valence electrons. The Balaban J connectivity index is 2.04. The molecule has 1 fully saturated rings. The van der Waals surface area contributed by atoms with E-state index in [1.165, 1.54) is 0 Å². The first-order valence-electron chi connectivity index (χ1n) is 6.96. The Labute approximate surface area is 135 Å². The van der Waals surface area contributed by atoms with Gasteiger partial charge in [-0.15, -0.1) is 11.8 Å². The van der Waals surface area contributed by atoms with Gasteiger partial charge in [-0.1, -0.05) is 11.6 Å². The Morgan fingerprint density at radius 3 is 3.00 bits per heavy atom. The van der Waals surface area contributed by atoms with Crippen LogP contribution in [0, 0.1) is 0 Å². The molecule has 1 amide bonds. The monoisotopic (exact) mass is 328 g/mol. The van der Waals surface area contributed by atoms with E-state index in [-0.39, 0.29) is 11.4 Å². The second-order valence-corrected chi connectivity index (χ2v) is 6.56. The average Bonchev–Trinajstić information content (AvgIpc) is 2.95. The molecule has 1 aromatic carbocycles. The number of hydrogen-bond donors (Lipinski definition) is 2. The third-order valence-corrected chi connectivity index (χ3v) is 4.81. The zero-order valence-corrected chi connectivity index (χ0v) is 13.9. The lowest BCUT2D eigenvalue weighted by Crippen LogP contribution is -2.53. The molecule has 1 saturated heterocycles. The predicted molar refractivity (Wildman–Crippen MR) is 87.4 cm³/mol. The van der Waals surface area contributed by atoms with Crippen LogP contribution in [0.1, 0.15) is 23.2 Å². The summed E-state index contributed by atoms with van der Waals surface area (Å²) in [5.74, 6) is -0.139. The van der Waals surface area contributed by atoms with Gasteiger partial charge in [0.25, 0.3) is 5.91 Å². The zero-order chi connectivity index (χ0) is 15.3. The topological polar surface area (TPSA) is 50.4 Å². The van der Waals surface area contributed by atoms with Crippen LogP contribution in [-0.4, -0.2) is 44.5 Å². The standard InChI is InChI=1S/C15H21ClN2O2S/c1-20-10-15(6-3-7-18-15)9-17-14(19)12-8-11(21-2)4-5-13(12)16/h4-5,8,18H,3,6-7,9-10H2,1-2H3,(H,17,19). The third-order valence-electron chi connectivity index (χ3n) is 3.76. The van der Waals surface area contributed by atoms with Crippen LogP contribution in [0.2, 0.25) is 5.02 Å². The molecule has 1 unspecified atom stereocenters. The quantitative estimate of drug-likeness (QED) is 0.788. The van der Waals surface area contributed by atoms with E-state index in [0.717, 1.165) is 24.3 Å². The molecule has 0 aliphatic carbocycles. The SMILES string of the molecule is COCC1(CNC(=O)c2cc(SC)ccc2Cl)CCCN1. The minimum Gasteiger partial charge on any atom is -0.383 e. The lowest BCUT2D eigenvalue weighted by atomic mass is 9.98. The lowest BCUT2D eigenvalue weighted by molar-refractivity contribution is 0.0892. The van der Waals surface area contributed by atoms with Crippen LogP contribution in [-0.2, 0) is 4.74 Å². The van der Waals surface area contributed by atoms with Gasteiger partial charge in [-0.2, -0.15) is 0 Å². The van der Waals surface area contributed by atoms with E-state index >= 15 is 0 Å². The number of methoxy groups -OCH3 is 1. The number of carbonyl (C=O) groups is 1. The number of hydrogen-bond acceptors (Lipinski definition) is 4. The molecule has 0 bridgehead atoms. The number of nitrogens with one attached hydrogen (secondary N) is 2. The molecule has 6 heteroatoms. The van der Waals surface area contributed by atoms with Crippen molar-refractivity contribution in [2.24, 2.45) is 0 Å². The van der Waals surface area contributed by atoms with Crippen LogP contribution in [0.5, 0.6) is 0 Å². The fourth-order valence-corrected chi connectivity index (χ4v) is 3.26. The van der Waals surface area contributed by atoms with Gasteiger partial charge in [0.05, 0.1) is 22.7 Å². The first-order chi connectivity index (χ1) is 10.1. The largest absolute Gasteiger partial charge is 0.383 e. The normalized spacial score (nSPS) is 21.5. The van der Waals surface area contributed by atoms with Gasteiger partial charge in [0.2, 0.25) is 0 Å². The molecular weight excluding hydrogens is 308 g/mol. The van der Waals surface area contributed by atoms with Crippen molar-refractivity contribution in [2.45, 2.75) is 23.3 Å². The summed E-state index contributed by atoms with van der Waals surface area (Å²) >= 11 is 7.72. The number of rotatable bonds is 6. The third kappa shape index (κ3) is 4.13. The summed E-state index contributed by atoms with van der Waals surface area (Å²) in [4.78, 5) is 13.4. The molecule has 21 heavy (non-hydrogen) atoms. The average molecular weight is 329 g/mol. The van der Waals surface area contributed by atoms with Crippen LogP contribution in [0.15, 0.2) is 23.1 Å². The van der Waals surface area contributed by atoms with E-state index in [1.807, 2.05) is 18.4 Å². The van der Waals surface area contributed by atoms with Crippen molar-refractivity contribution < 1.29 is 9.53 Å². The molecule has 1 aliphatic heterocycles. The van der Waals surface area contributed by atoms with E-state index < -0.39 is 0 Å². The van der Waals surface area contributed by atoms with Crippen molar-refractivity contribution in [3.63, 3.8) is 0 Å². The summed E-state index contributed by atoms with van der Waals surface area (Å²) in [7, 11) is 1.68. The molecule has 0 saturated carbocycles. The Bertz CT molecular complexity index is 504. The van der Waals surface area contributed by atoms with E-state index in [0.29, 0.717) is 23.7 Å². The minimum atomic E-state index is -0.159. The molecule has 0 radical (unpaired) electrons. The van der Waals surface area contributed by atoms with Crippen LogP contribution in [0.3, 0.4) is 0 Å². The second kappa shape index (κ2) is 7.49. The molecule has 1 aliphatic rings. The first kappa shape index (κ1) is 16.6. The Hall–Kier alpha value is -0.750. The maximum atomic E-state index is 12.4. The van der Waals surface area contributed by atoms with Crippen LogP contribution in [0.25, 0.3) is 0 Å². The maximum absolute atomic E-state index is 12.4. The van der Waals surface area contributed by atoms with Gasteiger partial charge in [0.15, 0.2) is 0 Å². The van der Waals surface area contributed by atoms with Gasteiger partial charge in [-0.3, -0.25) is 4.79 Å². The van der Waals surface area contributed by atoms with E-state index in [2.05, 4.69) is 10.6 Å². The molecule has 2 rings (SSSR count). The summed E-state index contributed by atoms with van der Waals surface area (Å²) in [6, 6.07) is 5.50. The zero-order valence-electron chi connectivity index (χ0n) is 12.4. The highest BCUT2D eigenvalue weighted by atomic mass is 35.5. The van der Waals surface area contributed by atoms with Gasteiger partial charge in [0, 0.05) is 18.6 Å². The summed E-state index contributed by atoms with van der Waals surface area (Å²) in [6.45, 7) is 2.09. The number of halogens is 1. The first-order valence-corrected chi connectivity index (χ1v) is 8.56. The lowest BCUT2D eigenvalue weighted by Gasteiger charge is -2.29. The summed E-state index contributed by atoms with van der Waals surface area (Å²) in [5.41, 5.74) is 0.364. The summed E-state index contributed by atoms with van der Waals surface area (Å²) in [6.07, 6.45) is 4.07. The van der Waals surface area contributed by atoms with Gasteiger partial charge in [0.1, 0.15) is 0 Å². The second-order valence-electron chi connectivity index (χ2n) is 5.27. The van der Waals surface area contributed by atoms with Gasteiger partial charge in [-0.05, 0) is 43.8 Å². The number of carbonyl (C=O) groups excluding carboxylic acids is 1. The van der Waals surface area contributed by atoms with Gasteiger partial charge in [-0.25, -0.2) is 0 Å². The molecule has 0 spiro atoms. The summed E-state index contributed by atoms with van der Waals surface area (Å²) in [5, 5.41) is 6.90. The van der Waals surface area contributed by atoms with E-state index in [4.69, 9.17) is 16.3 Å². The Morgan fingerprint density at radius 1 is 1.57 bits per heavy atom. The van der Waals surface area contributed by atoms with Crippen molar-refractivity contribution in [3.8, 4) is 0 Å². The predicted octanol–water partition coefficient (Wildman–Crippen LogP) is 2.56. The maximum Gasteiger partial charge on any atom is 0.252 e. The molecule has 2 N–H and O–H groups in total. The Kier molecular flexibility index (Phi) is 5.93. The highest BCUT2D eigenvalue weighted by Crippen LogP contribution is 2.24. The van der Waals surface area contributed by atoms with Crippen LogP contribution in [0.4, 0.5) is 0 Å². The van der Waals surface area contributed by atoms with Crippen molar-refractivity contribution >= 4 is 29.3 Å². The number of ether oxygens (including phenoxy) is 1. The van der Waals surface area contributed by atoms with E-state index in [9.17, 15) is 4.79 Å². The molecule has 1 heterocycles. The summed E-state index contributed by atoms with van der Waals surface area (Å²) < 4.78 is 5.28. The van der Waals surface area contributed by atoms with E-state index in [1.54, 1.807) is 24.9 Å². The van der Waals surface area contributed by atoms with Crippen molar-refractivity contribution in [1.29, 1.82) is 0 Å². The molecule has 4 nitrogen and oxygen atoms in total. The molecule has 1 atom stereocenters. The van der Waals surface area contributed by atoms with Crippen LogP contribution < -0.4 is 10.6 Å². The van der Waals surface area contributed by atoms with Crippen molar-refractivity contribution in [3.05, 3.63) is 28.8 Å². The Morgan fingerprint density at radius 2 is 2.38 bits per heavy atom. The fourth-order valence-electron chi connectivity index (χ4n) is 2.62. The van der Waals surface area contributed by atoms with Crippen molar-refractivity contribution in [1.82, 2.24) is 10.6 Å². The highest BCUT2D eigenvalue weighted by molar-refractivity contribution is 7.98.